The Hall–Kier alpha value is -3.19. The molecule has 32 heavy (non-hydrogen) atoms. The number of benzene rings is 2. The number of terminal acetylenes is 1. The molecule has 0 saturated carbocycles. The van der Waals surface area contributed by atoms with Crippen LogP contribution in [0.1, 0.15) is 23.2 Å². The smallest absolute Gasteiger partial charge is 0.251 e. The molecule has 1 saturated heterocycles. The SMILES string of the molecule is C#CCNS(=O)(=O)c1cccc(C(=O)NC2CCN(CC(=O)Nc3ccccc3)CC2)c1. The molecule has 1 aliphatic heterocycles. The van der Waals surface area contributed by atoms with Gasteiger partial charge in [-0.2, -0.15) is 4.72 Å². The van der Waals surface area contributed by atoms with Crippen LogP contribution in [0.5, 0.6) is 0 Å². The summed E-state index contributed by atoms with van der Waals surface area (Å²) in [6, 6.07) is 15.1. The highest BCUT2D eigenvalue weighted by atomic mass is 32.2. The largest absolute Gasteiger partial charge is 0.349 e. The molecule has 2 aromatic rings. The minimum Gasteiger partial charge on any atom is -0.349 e. The van der Waals surface area contributed by atoms with Crippen LogP contribution < -0.4 is 15.4 Å². The van der Waals surface area contributed by atoms with E-state index in [0.29, 0.717) is 32.5 Å². The number of likely N-dealkylation sites (tertiary alicyclic amines) is 1. The Bertz CT molecular complexity index is 1090. The van der Waals surface area contributed by atoms with Gasteiger partial charge in [0, 0.05) is 30.4 Å². The first-order valence-electron chi connectivity index (χ1n) is 10.3. The second-order valence-electron chi connectivity index (χ2n) is 7.49. The Balaban J connectivity index is 1.49. The van der Waals surface area contributed by atoms with Crippen LogP contribution in [0.25, 0.3) is 0 Å². The maximum atomic E-state index is 12.6. The number of nitrogens with zero attached hydrogens (tertiary/aromatic N) is 1. The number of amides is 2. The molecule has 0 aromatic heterocycles. The van der Waals surface area contributed by atoms with E-state index in [2.05, 4.69) is 21.3 Å². The molecule has 168 valence electrons. The van der Waals surface area contributed by atoms with Gasteiger partial charge < -0.3 is 10.6 Å². The monoisotopic (exact) mass is 454 g/mol. The van der Waals surface area contributed by atoms with Gasteiger partial charge in [-0.05, 0) is 43.2 Å². The summed E-state index contributed by atoms with van der Waals surface area (Å²) in [4.78, 5) is 26.9. The molecule has 1 fully saturated rings. The van der Waals surface area contributed by atoms with Crippen LogP contribution in [0, 0.1) is 12.3 Å². The van der Waals surface area contributed by atoms with E-state index in [9.17, 15) is 18.0 Å². The van der Waals surface area contributed by atoms with Crippen molar-refractivity contribution in [2.24, 2.45) is 0 Å². The second-order valence-corrected chi connectivity index (χ2v) is 9.26. The molecule has 1 aliphatic rings. The van der Waals surface area contributed by atoms with Crippen LogP contribution in [0.15, 0.2) is 59.5 Å². The first-order valence-corrected chi connectivity index (χ1v) is 11.8. The molecule has 8 nitrogen and oxygen atoms in total. The average molecular weight is 455 g/mol. The third kappa shape index (κ3) is 6.65. The first-order chi connectivity index (χ1) is 15.4. The van der Waals surface area contributed by atoms with Gasteiger partial charge in [-0.15, -0.1) is 6.42 Å². The fraction of sp³-hybridized carbons (Fsp3) is 0.304. The summed E-state index contributed by atoms with van der Waals surface area (Å²) in [6.45, 7) is 1.52. The number of nitrogens with one attached hydrogen (secondary N) is 3. The van der Waals surface area contributed by atoms with Gasteiger partial charge in [0.25, 0.3) is 5.91 Å². The van der Waals surface area contributed by atoms with E-state index in [1.54, 1.807) is 6.07 Å². The highest BCUT2D eigenvalue weighted by Crippen LogP contribution is 2.14. The second kappa shape index (κ2) is 10.9. The van der Waals surface area contributed by atoms with Crippen molar-refractivity contribution >= 4 is 27.5 Å². The van der Waals surface area contributed by atoms with Gasteiger partial charge in [-0.1, -0.05) is 30.2 Å². The fourth-order valence-corrected chi connectivity index (χ4v) is 4.43. The number of anilines is 1. The van der Waals surface area contributed by atoms with Crippen molar-refractivity contribution in [2.75, 3.05) is 31.5 Å². The zero-order valence-corrected chi connectivity index (χ0v) is 18.4. The predicted molar refractivity (Wildman–Crippen MR) is 122 cm³/mol. The highest BCUT2D eigenvalue weighted by molar-refractivity contribution is 7.89. The molecule has 0 bridgehead atoms. The van der Waals surface area contributed by atoms with E-state index in [4.69, 9.17) is 6.42 Å². The molecule has 2 aromatic carbocycles. The number of carbonyl (C=O) groups excluding carboxylic acids is 2. The van der Waals surface area contributed by atoms with E-state index in [0.717, 1.165) is 5.69 Å². The Morgan fingerprint density at radius 1 is 1.06 bits per heavy atom. The summed E-state index contributed by atoms with van der Waals surface area (Å²) < 4.78 is 26.7. The number of carbonyl (C=O) groups is 2. The van der Waals surface area contributed by atoms with Crippen LogP contribution in [0.2, 0.25) is 0 Å². The molecule has 0 atom stereocenters. The fourth-order valence-electron chi connectivity index (χ4n) is 3.45. The van der Waals surface area contributed by atoms with Gasteiger partial charge in [-0.25, -0.2) is 8.42 Å². The summed E-state index contributed by atoms with van der Waals surface area (Å²) in [5, 5.41) is 5.83. The van der Waals surface area contributed by atoms with E-state index in [1.165, 1.54) is 18.2 Å². The Morgan fingerprint density at radius 3 is 2.47 bits per heavy atom. The normalized spacial score (nSPS) is 15.0. The standard InChI is InChI=1S/C23H26N4O4S/c1-2-13-24-32(30,31)21-10-6-7-18(16-21)23(29)26-20-11-14-27(15-12-20)17-22(28)25-19-8-4-3-5-9-19/h1,3-10,16,20,24H,11-15,17H2,(H,25,28)(H,26,29). The third-order valence-electron chi connectivity index (χ3n) is 5.12. The van der Waals surface area contributed by atoms with Crippen molar-refractivity contribution in [1.82, 2.24) is 14.9 Å². The van der Waals surface area contributed by atoms with Crippen LogP contribution in [0.4, 0.5) is 5.69 Å². The van der Waals surface area contributed by atoms with E-state index in [1.807, 2.05) is 35.2 Å². The number of rotatable bonds is 8. The Kier molecular flexibility index (Phi) is 8.00. The summed E-state index contributed by atoms with van der Waals surface area (Å²) >= 11 is 0. The van der Waals surface area contributed by atoms with Crippen molar-refractivity contribution in [3.63, 3.8) is 0 Å². The highest BCUT2D eigenvalue weighted by Gasteiger charge is 2.23. The predicted octanol–water partition coefficient (Wildman–Crippen LogP) is 1.43. The van der Waals surface area contributed by atoms with Gasteiger partial charge in [0.15, 0.2) is 0 Å². The Labute approximate surface area is 188 Å². The van der Waals surface area contributed by atoms with Gasteiger partial charge in [0.05, 0.1) is 18.0 Å². The average Bonchev–Trinajstić information content (AvgIpc) is 2.79. The quantitative estimate of drug-likeness (QED) is 0.523. The molecule has 3 N–H and O–H groups in total. The lowest BCUT2D eigenvalue weighted by Gasteiger charge is -2.31. The number of hydrogen-bond acceptors (Lipinski definition) is 5. The maximum Gasteiger partial charge on any atom is 0.251 e. The number of hydrogen-bond donors (Lipinski definition) is 3. The number of piperidine rings is 1. The van der Waals surface area contributed by atoms with Gasteiger partial charge in [0.2, 0.25) is 15.9 Å². The van der Waals surface area contributed by atoms with Crippen LogP contribution in [-0.4, -0.2) is 57.4 Å². The van der Waals surface area contributed by atoms with Gasteiger partial charge >= 0.3 is 0 Å². The molecular weight excluding hydrogens is 428 g/mol. The van der Waals surface area contributed by atoms with Crippen molar-refractivity contribution in [1.29, 1.82) is 0 Å². The first kappa shape index (κ1) is 23.5. The zero-order valence-electron chi connectivity index (χ0n) is 17.6. The van der Waals surface area contributed by atoms with Crippen molar-refractivity contribution in [2.45, 2.75) is 23.8 Å². The van der Waals surface area contributed by atoms with E-state index < -0.39 is 10.0 Å². The molecule has 0 radical (unpaired) electrons. The lowest BCUT2D eigenvalue weighted by molar-refractivity contribution is -0.117. The lowest BCUT2D eigenvalue weighted by atomic mass is 10.0. The summed E-state index contributed by atoms with van der Waals surface area (Å²) in [6.07, 6.45) is 6.50. The minimum atomic E-state index is -3.77. The van der Waals surface area contributed by atoms with Crippen LogP contribution >= 0.6 is 0 Å². The summed E-state index contributed by atoms with van der Waals surface area (Å²) in [5.74, 6) is 1.81. The summed E-state index contributed by atoms with van der Waals surface area (Å²) in [5.41, 5.74) is 1.02. The topological polar surface area (TPSA) is 108 Å². The molecule has 0 spiro atoms. The van der Waals surface area contributed by atoms with Crippen molar-refractivity contribution in [3.8, 4) is 12.3 Å². The van der Waals surface area contributed by atoms with Gasteiger partial charge in [-0.3, -0.25) is 14.5 Å². The molecule has 0 unspecified atom stereocenters. The van der Waals surface area contributed by atoms with Crippen LogP contribution in [0.3, 0.4) is 0 Å². The molecule has 3 rings (SSSR count). The maximum absolute atomic E-state index is 12.6. The number of sulfonamides is 1. The molecule has 1 heterocycles. The van der Waals surface area contributed by atoms with Crippen LogP contribution in [-0.2, 0) is 14.8 Å². The molecule has 0 aliphatic carbocycles. The summed E-state index contributed by atoms with van der Waals surface area (Å²) in [7, 11) is -3.77. The van der Waals surface area contributed by atoms with Crippen molar-refractivity contribution in [3.05, 3.63) is 60.2 Å². The zero-order chi connectivity index (χ0) is 23.0. The van der Waals surface area contributed by atoms with Gasteiger partial charge in [0.1, 0.15) is 0 Å². The lowest BCUT2D eigenvalue weighted by Crippen LogP contribution is -2.46. The van der Waals surface area contributed by atoms with Crippen molar-refractivity contribution < 1.29 is 18.0 Å². The van der Waals surface area contributed by atoms with E-state index >= 15 is 0 Å². The third-order valence-corrected chi connectivity index (χ3v) is 6.52. The molecule has 9 heteroatoms. The Morgan fingerprint density at radius 2 is 1.78 bits per heavy atom. The molecular formula is C23H26N4O4S. The molecule has 2 amide bonds. The minimum absolute atomic E-state index is 0.0142. The number of para-hydroxylation sites is 1. The van der Waals surface area contributed by atoms with E-state index in [-0.39, 0.29) is 34.9 Å².